The number of amides is 2. The van der Waals surface area contributed by atoms with Crippen LogP contribution in [0.1, 0.15) is 43.7 Å². The van der Waals surface area contributed by atoms with E-state index in [1.165, 1.54) is 6.20 Å². The van der Waals surface area contributed by atoms with Crippen molar-refractivity contribution in [2.45, 2.75) is 45.0 Å². The Balaban J connectivity index is 2.14. The van der Waals surface area contributed by atoms with Crippen LogP contribution in [0.3, 0.4) is 0 Å². The van der Waals surface area contributed by atoms with E-state index in [2.05, 4.69) is 5.32 Å². The number of anilines is 1. The summed E-state index contributed by atoms with van der Waals surface area (Å²) in [5.74, 6) is 0.334. The highest BCUT2D eigenvalue weighted by molar-refractivity contribution is 5.90. The van der Waals surface area contributed by atoms with Gasteiger partial charge in [0, 0.05) is 11.9 Å². The van der Waals surface area contributed by atoms with Gasteiger partial charge in [-0.15, -0.1) is 0 Å². The molecular formula is C17H18F6N2O. The topological polar surface area (TPSA) is 41.1 Å². The third kappa shape index (κ3) is 5.40. The van der Waals surface area contributed by atoms with E-state index in [0.29, 0.717) is 18.1 Å². The summed E-state index contributed by atoms with van der Waals surface area (Å²) in [6.45, 7) is 1.82. The molecular weight excluding hydrogens is 362 g/mol. The van der Waals surface area contributed by atoms with Gasteiger partial charge in [0.2, 0.25) is 0 Å². The maximum absolute atomic E-state index is 12.8. The van der Waals surface area contributed by atoms with E-state index in [1.807, 2.05) is 12.2 Å². The Hall–Kier alpha value is -2.19. The smallest absolute Gasteiger partial charge is 0.314 e. The number of hydrogen-bond acceptors (Lipinski definition) is 1. The lowest BCUT2D eigenvalue weighted by molar-refractivity contribution is -0.143. The minimum absolute atomic E-state index is 0.00717. The average Bonchev–Trinajstić information content (AvgIpc) is 3.05. The average molecular weight is 380 g/mol. The lowest BCUT2D eigenvalue weighted by Gasteiger charge is -2.15. The van der Waals surface area contributed by atoms with Crippen molar-refractivity contribution >= 4 is 11.7 Å². The van der Waals surface area contributed by atoms with Gasteiger partial charge in [0.05, 0.1) is 11.1 Å². The molecule has 0 aliphatic heterocycles. The van der Waals surface area contributed by atoms with E-state index >= 15 is 0 Å². The molecule has 2 rings (SSSR count). The van der Waals surface area contributed by atoms with Crippen molar-refractivity contribution in [3.8, 4) is 0 Å². The number of rotatable bonds is 3. The van der Waals surface area contributed by atoms with Crippen LogP contribution in [0.25, 0.3) is 0 Å². The quantitative estimate of drug-likeness (QED) is 0.626. The summed E-state index contributed by atoms with van der Waals surface area (Å²) in [6, 6.07) is 0.0209. The van der Waals surface area contributed by atoms with Crippen LogP contribution >= 0.6 is 0 Å². The van der Waals surface area contributed by atoms with Gasteiger partial charge in [0.15, 0.2) is 0 Å². The molecule has 1 aromatic rings. The number of allylic oxidation sites excluding steroid dienone is 1. The molecule has 2 amide bonds. The zero-order chi connectivity index (χ0) is 19.5. The summed E-state index contributed by atoms with van der Waals surface area (Å²) in [5.41, 5.74) is -2.64. The molecule has 1 aromatic carbocycles. The van der Waals surface area contributed by atoms with Crippen LogP contribution in [0.15, 0.2) is 30.0 Å². The van der Waals surface area contributed by atoms with Crippen molar-refractivity contribution in [1.29, 1.82) is 0 Å². The molecule has 0 saturated heterocycles. The third-order valence-corrected chi connectivity index (χ3v) is 4.28. The summed E-state index contributed by atoms with van der Waals surface area (Å²) in [4.78, 5) is 11.8. The Morgan fingerprint density at radius 1 is 1.00 bits per heavy atom. The molecule has 9 heteroatoms. The lowest BCUT2D eigenvalue weighted by atomic mass is 10.0. The fourth-order valence-electron chi connectivity index (χ4n) is 2.87. The molecule has 3 nitrogen and oxygen atoms in total. The molecule has 1 saturated carbocycles. The molecule has 0 heterocycles. The number of hydrogen-bond donors (Lipinski definition) is 2. The maximum atomic E-state index is 12.8. The van der Waals surface area contributed by atoms with Gasteiger partial charge in [0.1, 0.15) is 0 Å². The molecule has 2 N–H and O–H groups in total. The van der Waals surface area contributed by atoms with Gasteiger partial charge >= 0.3 is 18.4 Å². The van der Waals surface area contributed by atoms with E-state index < -0.39 is 35.2 Å². The van der Waals surface area contributed by atoms with E-state index in [4.69, 9.17) is 0 Å². The van der Waals surface area contributed by atoms with Crippen molar-refractivity contribution < 1.29 is 31.1 Å². The summed E-state index contributed by atoms with van der Waals surface area (Å²) < 4.78 is 76.8. The summed E-state index contributed by atoms with van der Waals surface area (Å²) in [6.07, 6.45) is -4.33. The number of carbonyl (C=O) groups excluding carboxylic acids is 1. The summed E-state index contributed by atoms with van der Waals surface area (Å²) in [7, 11) is 0. The molecule has 0 spiro atoms. The zero-order valence-electron chi connectivity index (χ0n) is 13.9. The molecule has 1 aliphatic carbocycles. The van der Waals surface area contributed by atoms with Gasteiger partial charge in [0.25, 0.3) is 0 Å². The first-order valence-electron chi connectivity index (χ1n) is 8.00. The number of halogens is 6. The molecule has 0 unspecified atom stereocenters. The molecule has 0 bridgehead atoms. The van der Waals surface area contributed by atoms with Gasteiger partial charge in [-0.3, -0.25) is 0 Å². The predicted molar refractivity (Wildman–Crippen MR) is 84.3 cm³/mol. The van der Waals surface area contributed by atoms with Crippen LogP contribution in [-0.4, -0.2) is 6.03 Å². The minimum atomic E-state index is -4.97. The highest BCUT2D eigenvalue weighted by atomic mass is 19.4. The number of carbonyl (C=O) groups is 1. The van der Waals surface area contributed by atoms with Crippen molar-refractivity contribution in [1.82, 2.24) is 5.32 Å². The number of alkyl halides is 6. The Morgan fingerprint density at radius 3 is 1.96 bits per heavy atom. The molecule has 1 aliphatic rings. The van der Waals surface area contributed by atoms with Crippen molar-refractivity contribution in [2.75, 3.05) is 5.32 Å². The lowest BCUT2D eigenvalue weighted by Crippen LogP contribution is -2.25. The zero-order valence-corrected chi connectivity index (χ0v) is 13.9. The summed E-state index contributed by atoms with van der Waals surface area (Å²) in [5, 5.41) is 4.37. The fourth-order valence-corrected chi connectivity index (χ4v) is 2.87. The van der Waals surface area contributed by atoms with E-state index in [1.54, 1.807) is 0 Å². The van der Waals surface area contributed by atoms with Crippen LogP contribution < -0.4 is 10.6 Å². The van der Waals surface area contributed by atoms with Crippen LogP contribution in [0.5, 0.6) is 0 Å². The van der Waals surface area contributed by atoms with Crippen molar-refractivity contribution in [2.24, 2.45) is 5.92 Å². The number of urea groups is 1. The Labute approximate surface area is 146 Å². The SMILES string of the molecule is C/C(=C\NC(=O)Nc1cc(C(F)(F)F)cc(C(F)(F)F)c1)C1CCCC1. The predicted octanol–water partition coefficient (Wildman–Crippen LogP) is 5.94. The Morgan fingerprint density at radius 2 is 1.50 bits per heavy atom. The molecule has 26 heavy (non-hydrogen) atoms. The Bertz CT molecular complexity index is 655. The fraction of sp³-hybridized carbons (Fsp3) is 0.471. The maximum Gasteiger partial charge on any atom is 0.416 e. The normalized spacial score (nSPS) is 16.7. The van der Waals surface area contributed by atoms with Crippen LogP contribution in [0, 0.1) is 5.92 Å². The monoisotopic (exact) mass is 380 g/mol. The van der Waals surface area contributed by atoms with Gasteiger partial charge in [-0.05, 0) is 43.9 Å². The Kier molecular flexibility index (Phi) is 5.87. The molecule has 0 atom stereocenters. The third-order valence-electron chi connectivity index (χ3n) is 4.28. The van der Waals surface area contributed by atoms with Crippen molar-refractivity contribution in [3.05, 3.63) is 41.1 Å². The molecule has 144 valence electrons. The highest BCUT2D eigenvalue weighted by Crippen LogP contribution is 2.37. The van der Waals surface area contributed by atoms with Gasteiger partial charge in [-0.1, -0.05) is 18.4 Å². The first-order valence-corrected chi connectivity index (χ1v) is 8.00. The summed E-state index contributed by atoms with van der Waals surface area (Å²) >= 11 is 0. The van der Waals surface area contributed by atoms with Crippen molar-refractivity contribution in [3.63, 3.8) is 0 Å². The van der Waals surface area contributed by atoms with Gasteiger partial charge in [-0.25, -0.2) is 4.79 Å². The van der Waals surface area contributed by atoms with E-state index in [9.17, 15) is 31.1 Å². The van der Waals surface area contributed by atoms with E-state index in [-0.39, 0.29) is 6.07 Å². The standard InChI is InChI=1S/C17H18F6N2O/c1-10(11-4-2-3-5-11)9-24-15(26)25-14-7-12(16(18,19)20)6-13(8-14)17(21,22)23/h6-9,11H,2-5H2,1H3,(H2,24,25,26)/b10-9+. The highest BCUT2D eigenvalue weighted by Gasteiger charge is 2.37. The molecule has 0 aromatic heterocycles. The second kappa shape index (κ2) is 7.59. The second-order valence-corrected chi connectivity index (χ2v) is 6.26. The number of nitrogens with one attached hydrogen (secondary N) is 2. The van der Waals surface area contributed by atoms with Gasteiger partial charge < -0.3 is 10.6 Å². The van der Waals surface area contributed by atoms with Crippen LogP contribution in [-0.2, 0) is 12.4 Å². The van der Waals surface area contributed by atoms with Crippen LogP contribution in [0.4, 0.5) is 36.8 Å². The molecule has 1 fully saturated rings. The van der Waals surface area contributed by atoms with E-state index in [0.717, 1.165) is 31.3 Å². The first-order chi connectivity index (χ1) is 12.0. The first kappa shape index (κ1) is 20.1. The largest absolute Gasteiger partial charge is 0.416 e. The second-order valence-electron chi connectivity index (χ2n) is 6.26. The van der Waals surface area contributed by atoms with Gasteiger partial charge in [-0.2, -0.15) is 26.3 Å². The minimum Gasteiger partial charge on any atom is -0.314 e. The molecule has 0 radical (unpaired) electrons. The van der Waals surface area contributed by atoms with Crippen LogP contribution in [0.2, 0.25) is 0 Å². The number of benzene rings is 1.